The van der Waals surface area contributed by atoms with Crippen molar-refractivity contribution in [3.8, 4) is 0 Å². The average Bonchev–Trinajstić information content (AvgIpc) is 2.85. The van der Waals surface area contributed by atoms with E-state index in [9.17, 15) is 4.79 Å². The predicted molar refractivity (Wildman–Crippen MR) is 153 cm³/mol. The fourth-order valence-electron chi connectivity index (χ4n) is 5.15. The Morgan fingerprint density at radius 3 is 2.27 bits per heavy atom. The number of aromatic nitrogens is 2. The number of aliphatic imine (C=N–C) groups is 1. The largest absolute Gasteiger partial charge is 0.368 e. The Morgan fingerprint density at radius 2 is 1.68 bits per heavy atom. The second-order valence-electron chi connectivity index (χ2n) is 9.88. The number of piperidine rings is 2. The van der Waals surface area contributed by atoms with E-state index in [1.807, 2.05) is 45.0 Å². The summed E-state index contributed by atoms with van der Waals surface area (Å²) in [5, 5.41) is 7.21. The van der Waals surface area contributed by atoms with Gasteiger partial charge in [0.05, 0.1) is 10.7 Å². The number of carbonyl (C=O) groups is 1. The van der Waals surface area contributed by atoms with Crippen LogP contribution in [-0.2, 0) is 4.79 Å². The van der Waals surface area contributed by atoms with E-state index in [0.717, 1.165) is 42.9 Å². The van der Waals surface area contributed by atoms with Crippen molar-refractivity contribution in [2.24, 2.45) is 10.7 Å². The minimum atomic E-state index is -0.632. The van der Waals surface area contributed by atoms with Crippen molar-refractivity contribution < 1.29 is 4.79 Å². The molecule has 1 aromatic carbocycles. The molecule has 0 unspecified atom stereocenters. The van der Waals surface area contributed by atoms with Crippen LogP contribution in [0.15, 0.2) is 29.3 Å². The van der Waals surface area contributed by atoms with Gasteiger partial charge in [-0.15, -0.1) is 0 Å². The minimum Gasteiger partial charge on any atom is -0.368 e. The molecule has 0 bridgehead atoms. The number of hydrogen-bond acceptors (Lipinski definition) is 5. The van der Waals surface area contributed by atoms with Gasteiger partial charge in [-0.1, -0.05) is 24.1 Å². The summed E-state index contributed by atoms with van der Waals surface area (Å²) < 4.78 is 0. The van der Waals surface area contributed by atoms with Crippen LogP contribution < -0.4 is 16.4 Å². The number of nitrogens with two attached hydrogens (primary N) is 1. The number of guanidine groups is 1. The van der Waals surface area contributed by atoms with Gasteiger partial charge in [-0.25, -0.2) is 9.97 Å². The molecule has 2 fully saturated rings. The molecule has 2 aliphatic rings. The monoisotopic (exact) mass is 542 g/mol. The van der Waals surface area contributed by atoms with E-state index in [1.165, 1.54) is 6.42 Å². The fraction of sp³-hybridized carbons (Fsp3) is 0.500. The summed E-state index contributed by atoms with van der Waals surface area (Å²) in [5.41, 5.74) is 8.79. The molecule has 0 atom stereocenters. The van der Waals surface area contributed by atoms with Crippen LogP contribution >= 0.6 is 23.8 Å². The number of primary amides is 1. The van der Waals surface area contributed by atoms with Crippen LogP contribution in [0.3, 0.4) is 0 Å². The lowest BCUT2D eigenvalue weighted by Gasteiger charge is -2.48. The van der Waals surface area contributed by atoms with Crippen molar-refractivity contribution in [1.82, 2.24) is 19.8 Å². The molecule has 1 aromatic heterocycles. The summed E-state index contributed by atoms with van der Waals surface area (Å²) in [5.74, 6) is 0.710. The molecule has 1 amide bonds. The third kappa shape index (κ3) is 6.55. The normalized spacial score (nSPS) is 18.4. The third-order valence-corrected chi connectivity index (χ3v) is 7.60. The molecule has 11 heteroatoms. The number of thiocarbonyl (C=S) groups is 1. The number of amides is 1. The highest BCUT2D eigenvalue weighted by Crippen LogP contribution is 2.32. The van der Waals surface area contributed by atoms with E-state index in [0.29, 0.717) is 48.5 Å². The molecular formula is C26H35ClN8OS. The standard InChI is InChI=1S/C26H35ClN8OS/c1-17-7-8-21(20(27)15-17)31-25(37)33-24(32-23-29-18(2)16-19(3)30-23)34-13-9-26(10-14-34,22(28)36)35-11-5-4-6-12-35/h7-8,15-16H,4-6,9-14H2,1-3H3,(H2,28,36)(H2,29,30,31,32,33,37). The lowest BCUT2D eigenvalue weighted by Crippen LogP contribution is -2.64. The fourth-order valence-corrected chi connectivity index (χ4v) is 5.63. The first-order valence-electron chi connectivity index (χ1n) is 12.7. The van der Waals surface area contributed by atoms with Gasteiger partial charge >= 0.3 is 0 Å². The maximum Gasteiger partial charge on any atom is 0.238 e. The summed E-state index contributed by atoms with van der Waals surface area (Å²) in [6.45, 7) is 8.80. The predicted octanol–water partition coefficient (Wildman–Crippen LogP) is 4.03. The topological polar surface area (TPSA) is 112 Å². The summed E-state index contributed by atoms with van der Waals surface area (Å²) in [6.07, 6.45) is 4.61. The average molecular weight is 543 g/mol. The lowest BCUT2D eigenvalue weighted by atomic mass is 9.83. The van der Waals surface area contributed by atoms with Crippen LogP contribution in [0.5, 0.6) is 0 Å². The van der Waals surface area contributed by atoms with Crippen molar-refractivity contribution in [2.75, 3.05) is 36.8 Å². The van der Waals surface area contributed by atoms with Gasteiger partial charge in [-0.3, -0.25) is 15.0 Å². The molecule has 37 heavy (non-hydrogen) atoms. The van der Waals surface area contributed by atoms with Gasteiger partial charge in [-0.2, -0.15) is 4.99 Å². The maximum absolute atomic E-state index is 12.7. The number of nitrogens with zero attached hydrogens (tertiary/aromatic N) is 5. The highest BCUT2D eigenvalue weighted by molar-refractivity contribution is 7.80. The molecule has 0 saturated carbocycles. The van der Waals surface area contributed by atoms with Gasteiger partial charge in [0.15, 0.2) is 0 Å². The Morgan fingerprint density at radius 1 is 1.03 bits per heavy atom. The van der Waals surface area contributed by atoms with Crippen molar-refractivity contribution in [3.63, 3.8) is 0 Å². The van der Waals surface area contributed by atoms with E-state index in [-0.39, 0.29) is 11.0 Å². The van der Waals surface area contributed by atoms with Crippen LogP contribution in [0.4, 0.5) is 11.6 Å². The number of aryl methyl sites for hydroxylation is 3. The maximum atomic E-state index is 12.7. The third-order valence-electron chi connectivity index (χ3n) is 7.09. The van der Waals surface area contributed by atoms with E-state index >= 15 is 0 Å². The van der Waals surface area contributed by atoms with E-state index in [4.69, 9.17) is 34.5 Å². The molecule has 2 aromatic rings. The van der Waals surface area contributed by atoms with E-state index < -0.39 is 5.54 Å². The number of carbonyl (C=O) groups excluding carboxylic acids is 1. The summed E-state index contributed by atoms with van der Waals surface area (Å²) >= 11 is 12.0. The zero-order chi connectivity index (χ0) is 26.6. The number of rotatable bonds is 4. The van der Waals surface area contributed by atoms with Gasteiger partial charge in [-0.05, 0) is 95.5 Å². The quantitative estimate of drug-likeness (QED) is 0.302. The molecule has 4 N–H and O–H groups in total. The number of likely N-dealkylation sites (tertiary alicyclic amines) is 2. The molecule has 0 radical (unpaired) electrons. The Hall–Kier alpha value is -2.82. The Bertz CT molecular complexity index is 1170. The second kappa shape index (κ2) is 11.7. The summed E-state index contributed by atoms with van der Waals surface area (Å²) in [4.78, 5) is 30.8. The molecule has 2 aliphatic heterocycles. The number of hydrogen-bond donors (Lipinski definition) is 3. The number of nitrogens with one attached hydrogen (secondary N) is 2. The van der Waals surface area contributed by atoms with Gasteiger partial charge < -0.3 is 16.0 Å². The first-order chi connectivity index (χ1) is 17.7. The molecular weight excluding hydrogens is 508 g/mol. The van der Waals surface area contributed by atoms with Crippen LogP contribution in [0.1, 0.15) is 49.1 Å². The van der Waals surface area contributed by atoms with E-state index in [1.54, 1.807) is 0 Å². The molecule has 198 valence electrons. The van der Waals surface area contributed by atoms with Crippen LogP contribution in [0, 0.1) is 20.8 Å². The van der Waals surface area contributed by atoms with Crippen molar-refractivity contribution >= 4 is 52.4 Å². The Kier molecular flexibility index (Phi) is 8.61. The Balaban J connectivity index is 1.57. The number of halogens is 1. The van der Waals surface area contributed by atoms with Crippen molar-refractivity contribution in [1.29, 1.82) is 0 Å². The lowest BCUT2D eigenvalue weighted by molar-refractivity contribution is -0.134. The molecule has 0 aliphatic carbocycles. The highest BCUT2D eigenvalue weighted by Gasteiger charge is 2.45. The van der Waals surface area contributed by atoms with Gasteiger partial charge in [0.1, 0.15) is 5.54 Å². The Labute approximate surface area is 228 Å². The summed E-state index contributed by atoms with van der Waals surface area (Å²) in [7, 11) is 0. The number of anilines is 2. The molecule has 9 nitrogen and oxygen atoms in total. The van der Waals surface area contributed by atoms with Gasteiger partial charge in [0, 0.05) is 24.5 Å². The highest BCUT2D eigenvalue weighted by atomic mass is 35.5. The molecule has 0 spiro atoms. The zero-order valence-electron chi connectivity index (χ0n) is 21.7. The van der Waals surface area contributed by atoms with Gasteiger partial charge in [0.25, 0.3) is 0 Å². The van der Waals surface area contributed by atoms with Crippen molar-refractivity contribution in [2.45, 2.75) is 58.4 Å². The molecule has 3 heterocycles. The molecule has 2 saturated heterocycles. The second-order valence-corrected chi connectivity index (χ2v) is 10.7. The van der Waals surface area contributed by atoms with E-state index in [2.05, 4.69) is 30.4 Å². The van der Waals surface area contributed by atoms with Crippen molar-refractivity contribution in [3.05, 3.63) is 46.2 Å². The summed E-state index contributed by atoms with van der Waals surface area (Å²) in [6, 6.07) is 7.61. The zero-order valence-corrected chi connectivity index (χ0v) is 23.3. The van der Waals surface area contributed by atoms with Crippen LogP contribution in [0.25, 0.3) is 0 Å². The minimum absolute atomic E-state index is 0.246. The first-order valence-corrected chi connectivity index (χ1v) is 13.5. The van der Waals surface area contributed by atoms with Crippen LogP contribution in [0.2, 0.25) is 5.02 Å². The first kappa shape index (κ1) is 27.2. The smallest absolute Gasteiger partial charge is 0.238 e. The van der Waals surface area contributed by atoms with Crippen LogP contribution in [-0.4, -0.2) is 68.5 Å². The number of benzene rings is 1. The van der Waals surface area contributed by atoms with Gasteiger partial charge in [0.2, 0.25) is 22.9 Å². The molecule has 4 rings (SSSR count). The SMILES string of the molecule is Cc1ccc(NC(=S)/N=C(/Nc2nc(C)cc(C)n2)N2CCC(C(N)=O)(N3CCCCC3)CC2)c(Cl)c1.